The summed E-state index contributed by atoms with van der Waals surface area (Å²) in [6.07, 6.45) is 0.0742. The molecule has 0 saturated carbocycles. The van der Waals surface area contributed by atoms with Gasteiger partial charge in [0.1, 0.15) is 0 Å². The quantitative estimate of drug-likeness (QED) is 0.433. The molecule has 0 saturated heterocycles. The molecule has 0 unspecified atom stereocenters. The van der Waals surface area contributed by atoms with Gasteiger partial charge in [-0.05, 0) is 26.3 Å². The van der Waals surface area contributed by atoms with Gasteiger partial charge in [0, 0.05) is 12.0 Å². The highest BCUT2D eigenvalue weighted by molar-refractivity contribution is 7.54. The van der Waals surface area contributed by atoms with Gasteiger partial charge < -0.3 is 9.05 Å². The second kappa shape index (κ2) is 9.10. The Hall–Kier alpha value is -1.74. The van der Waals surface area contributed by atoms with Crippen LogP contribution in [-0.2, 0) is 13.6 Å². The summed E-state index contributed by atoms with van der Waals surface area (Å²) in [5.41, 5.74) is 1.81. The van der Waals surface area contributed by atoms with E-state index >= 15 is 0 Å². The minimum absolute atomic E-state index is 0.0742. The molecule has 0 aromatic heterocycles. The largest absolute Gasteiger partial charge is 0.338 e. The molecule has 2 rings (SSSR count). The van der Waals surface area contributed by atoms with Crippen molar-refractivity contribution in [3.63, 3.8) is 0 Å². The van der Waals surface area contributed by atoms with E-state index in [4.69, 9.17) is 9.05 Å². The lowest BCUT2D eigenvalue weighted by Crippen LogP contribution is -2.12. The molecule has 0 aliphatic heterocycles. The highest BCUT2D eigenvalue weighted by atomic mass is 31.2. The van der Waals surface area contributed by atoms with Crippen LogP contribution in [-0.4, -0.2) is 19.0 Å². The monoisotopic (exact) mass is 360 g/mol. The first-order valence-electron chi connectivity index (χ1n) is 8.53. The predicted octanol–water partition coefficient (Wildman–Crippen LogP) is 5.58. The van der Waals surface area contributed by atoms with Crippen molar-refractivity contribution in [2.75, 3.05) is 13.2 Å². The summed E-state index contributed by atoms with van der Waals surface area (Å²) in [5, 5.41) is 0. The lowest BCUT2D eigenvalue weighted by atomic mass is 10.0. The van der Waals surface area contributed by atoms with E-state index in [9.17, 15) is 9.36 Å². The van der Waals surface area contributed by atoms with E-state index < -0.39 is 13.3 Å². The normalized spacial score (nSPS) is 12.8. The molecule has 25 heavy (non-hydrogen) atoms. The number of carbonyl (C=O) groups is 1. The van der Waals surface area contributed by atoms with Crippen LogP contribution >= 0.6 is 7.60 Å². The SMILES string of the molecule is CCOP(=O)(OCC)[C@@H](CC(=O)c1ccccc1)c1cccc(C)c1. The Morgan fingerprint density at radius 2 is 1.64 bits per heavy atom. The van der Waals surface area contributed by atoms with Crippen LogP contribution in [0.2, 0.25) is 0 Å². The van der Waals surface area contributed by atoms with E-state index in [1.807, 2.05) is 49.4 Å². The summed E-state index contributed by atoms with van der Waals surface area (Å²) in [4.78, 5) is 12.7. The van der Waals surface area contributed by atoms with Gasteiger partial charge in [-0.25, -0.2) is 0 Å². The fourth-order valence-electron chi connectivity index (χ4n) is 2.78. The fourth-order valence-corrected chi connectivity index (χ4v) is 4.85. The first kappa shape index (κ1) is 19.6. The average Bonchev–Trinajstić information content (AvgIpc) is 2.60. The van der Waals surface area contributed by atoms with E-state index in [-0.39, 0.29) is 25.4 Å². The zero-order chi connectivity index (χ0) is 18.3. The van der Waals surface area contributed by atoms with Crippen LogP contribution in [0.3, 0.4) is 0 Å². The summed E-state index contributed by atoms with van der Waals surface area (Å²) in [6.45, 7) is 6.04. The molecule has 0 aliphatic rings. The van der Waals surface area contributed by atoms with Gasteiger partial charge in [-0.3, -0.25) is 9.36 Å². The second-order valence-corrected chi connectivity index (χ2v) is 8.02. The lowest BCUT2D eigenvalue weighted by molar-refractivity contribution is 0.0973. The molecule has 134 valence electrons. The van der Waals surface area contributed by atoms with Gasteiger partial charge in [0.05, 0.1) is 18.9 Å². The molecule has 0 spiro atoms. The number of Topliss-reactive ketones (excluding diaryl/α,β-unsaturated/α-hetero) is 1. The van der Waals surface area contributed by atoms with Crippen LogP contribution in [0.5, 0.6) is 0 Å². The number of ketones is 1. The molecule has 0 fully saturated rings. The molecule has 4 nitrogen and oxygen atoms in total. The number of aryl methyl sites for hydroxylation is 1. The molecule has 0 aliphatic carbocycles. The zero-order valence-corrected chi connectivity index (χ0v) is 15.9. The molecular formula is C20H25O4P. The maximum Gasteiger partial charge on any atom is 0.338 e. The molecule has 0 amide bonds. The Morgan fingerprint density at radius 3 is 2.20 bits per heavy atom. The summed E-state index contributed by atoms with van der Waals surface area (Å²) in [7, 11) is -3.47. The standard InChI is InChI=1S/C20H25O4P/c1-4-23-25(22,24-5-2)20(18-13-9-10-16(3)14-18)15-19(21)17-11-7-6-8-12-17/h6-14,20H,4-5,15H2,1-3H3/t20-/m0/s1. The highest BCUT2D eigenvalue weighted by Crippen LogP contribution is 2.62. The molecule has 5 heteroatoms. The molecule has 0 N–H and O–H groups in total. The Morgan fingerprint density at radius 1 is 1.00 bits per heavy atom. The first-order chi connectivity index (χ1) is 12.0. The number of hydrogen-bond donors (Lipinski definition) is 0. The summed E-state index contributed by atoms with van der Waals surface area (Å²) < 4.78 is 24.5. The summed E-state index contributed by atoms with van der Waals surface area (Å²) in [6, 6.07) is 16.7. The zero-order valence-electron chi connectivity index (χ0n) is 15.0. The molecular weight excluding hydrogens is 335 g/mol. The lowest BCUT2D eigenvalue weighted by Gasteiger charge is -2.26. The van der Waals surface area contributed by atoms with Crippen LogP contribution in [0, 0.1) is 6.92 Å². The van der Waals surface area contributed by atoms with Crippen LogP contribution < -0.4 is 0 Å². The molecule has 0 heterocycles. The van der Waals surface area contributed by atoms with Gasteiger partial charge in [0.15, 0.2) is 5.78 Å². The average molecular weight is 360 g/mol. The maximum atomic E-state index is 13.4. The molecule has 1 atom stereocenters. The van der Waals surface area contributed by atoms with Crippen LogP contribution in [0.1, 0.15) is 47.4 Å². The van der Waals surface area contributed by atoms with Gasteiger partial charge in [-0.2, -0.15) is 0 Å². The predicted molar refractivity (Wildman–Crippen MR) is 100 cm³/mol. The van der Waals surface area contributed by atoms with Crippen molar-refractivity contribution in [2.24, 2.45) is 0 Å². The van der Waals surface area contributed by atoms with Crippen molar-refractivity contribution < 1.29 is 18.4 Å². The highest BCUT2D eigenvalue weighted by Gasteiger charge is 2.38. The third-order valence-electron chi connectivity index (χ3n) is 3.90. The van der Waals surface area contributed by atoms with Gasteiger partial charge in [0.25, 0.3) is 0 Å². The van der Waals surface area contributed by atoms with Gasteiger partial charge in [-0.1, -0.05) is 60.2 Å². The van der Waals surface area contributed by atoms with Crippen molar-refractivity contribution in [2.45, 2.75) is 32.9 Å². The van der Waals surface area contributed by atoms with E-state index in [0.717, 1.165) is 11.1 Å². The Kier molecular flexibility index (Phi) is 7.12. The van der Waals surface area contributed by atoms with E-state index in [1.165, 1.54) is 0 Å². The van der Waals surface area contributed by atoms with Crippen molar-refractivity contribution >= 4 is 13.4 Å². The number of rotatable bonds is 9. The van der Waals surface area contributed by atoms with Crippen LogP contribution in [0.25, 0.3) is 0 Å². The molecule has 2 aromatic carbocycles. The van der Waals surface area contributed by atoms with E-state index in [1.54, 1.807) is 26.0 Å². The second-order valence-electron chi connectivity index (χ2n) is 5.80. The van der Waals surface area contributed by atoms with Gasteiger partial charge in [-0.15, -0.1) is 0 Å². The Balaban J connectivity index is 2.41. The topological polar surface area (TPSA) is 52.6 Å². The third-order valence-corrected chi connectivity index (χ3v) is 6.38. The number of carbonyl (C=O) groups excluding carboxylic acids is 1. The Labute approximate surface area is 149 Å². The van der Waals surface area contributed by atoms with E-state index in [0.29, 0.717) is 5.56 Å². The van der Waals surface area contributed by atoms with Gasteiger partial charge in [0.2, 0.25) is 0 Å². The van der Waals surface area contributed by atoms with Gasteiger partial charge >= 0.3 is 7.60 Å². The van der Waals surface area contributed by atoms with Crippen molar-refractivity contribution in [1.29, 1.82) is 0 Å². The summed E-state index contributed by atoms with van der Waals surface area (Å²) >= 11 is 0. The van der Waals surface area contributed by atoms with Crippen molar-refractivity contribution in [3.8, 4) is 0 Å². The van der Waals surface area contributed by atoms with E-state index in [2.05, 4.69) is 0 Å². The molecule has 0 bridgehead atoms. The molecule has 0 radical (unpaired) electrons. The van der Waals surface area contributed by atoms with Crippen molar-refractivity contribution in [1.82, 2.24) is 0 Å². The minimum atomic E-state index is -3.47. The van der Waals surface area contributed by atoms with Crippen LogP contribution in [0.15, 0.2) is 54.6 Å². The van der Waals surface area contributed by atoms with Crippen LogP contribution in [0.4, 0.5) is 0 Å². The maximum absolute atomic E-state index is 13.4. The van der Waals surface area contributed by atoms with Crippen molar-refractivity contribution in [3.05, 3.63) is 71.3 Å². The smallest absolute Gasteiger partial charge is 0.308 e. The summed E-state index contributed by atoms with van der Waals surface area (Å²) in [5.74, 6) is -0.0771. The first-order valence-corrected chi connectivity index (χ1v) is 10.1. The third kappa shape index (κ3) is 5.12. The Bertz CT molecular complexity index is 732. The fraction of sp³-hybridized carbons (Fsp3) is 0.350. The number of hydrogen-bond acceptors (Lipinski definition) is 4. The number of benzene rings is 2. The minimum Gasteiger partial charge on any atom is -0.308 e. The molecule has 2 aromatic rings.